The Morgan fingerprint density at radius 2 is 0.784 bits per heavy atom. The maximum absolute atomic E-state index is 6.06. The topological polar surface area (TPSA) is 107 Å². The Morgan fingerprint density at radius 3 is 1.05 bits per heavy atom. The number of nitrogens with two attached hydrogens (primary N) is 2. The van der Waals surface area contributed by atoms with Crippen molar-refractivity contribution in [1.29, 1.82) is 0 Å². The first kappa shape index (κ1) is 25.7. The minimum atomic E-state index is 0.460. The third-order valence-corrected chi connectivity index (χ3v) is 6.25. The lowest BCUT2D eigenvalue weighted by Gasteiger charge is -2.17. The van der Waals surface area contributed by atoms with E-state index in [1.165, 1.54) is 11.8 Å². The van der Waals surface area contributed by atoms with Gasteiger partial charge in [0.25, 0.3) is 0 Å². The molecular formula is C28H28N2O6S. The fourth-order valence-electron chi connectivity index (χ4n) is 3.47. The quantitative estimate of drug-likeness (QED) is 0.223. The maximum atomic E-state index is 6.06. The molecule has 4 N–H and O–H groups in total. The van der Waals surface area contributed by atoms with Crippen molar-refractivity contribution in [2.75, 3.05) is 39.9 Å². The van der Waals surface area contributed by atoms with Crippen molar-refractivity contribution in [3.8, 4) is 46.0 Å². The van der Waals surface area contributed by atoms with Crippen LogP contribution >= 0.6 is 11.8 Å². The largest absolute Gasteiger partial charge is 0.493 e. The highest BCUT2D eigenvalue weighted by Crippen LogP contribution is 2.48. The van der Waals surface area contributed by atoms with Crippen LogP contribution in [0.2, 0.25) is 0 Å². The zero-order chi connectivity index (χ0) is 26.4. The minimum absolute atomic E-state index is 0.460. The SMILES string of the molecule is COc1cc(Sc2cc(OC)c(Oc3ccc(N)cc3)c(OC)c2)cc(OC)c1Oc1ccc(N)cc1. The normalized spacial score (nSPS) is 10.5. The van der Waals surface area contributed by atoms with Crippen LogP contribution in [0.3, 0.4) is 0 Å². The van der Waals surface area contributed by atoms with Crippen LogP contribution in [0.25, 0.3) is 0 Å². The molecule has 0 spiro atoms. The molecule has 0 aromatic heterocycles. The van der Waals surface area contributed by atoms with Crippen molar-refractivity contribution in [2.45, 2.75) is 9.79 Å². The summed E-state index contributed by atoms with van der Waals surface area (Å²) in [5.74, 6) is 4.20. The van der Waals surface area contributed by atoms with Gasteiger partial charge in [0.05, 0.1) is 28.4 Å². The van der Waals surface area contributed by atoms with E-state index in [4.69, 9.17) is 39.9 Å². The van der Waals surface area contributed by atoms with E-state index in [1.54, 1.807) is 77.0 Å². The number of methoxy groups -OCH3 is 4. The van der Waals surface area contributed by atoms with Gasteiger partial charge in [-0.1, -0.05) is 11.8 Å². The molecule has 0 saturated heterocycles. The molecule has 0 aliphatic rings. The zero-order valence-electron chi connectivity index (χ0n) is 20.9. The van der Waals surface area contributed by atoms with Gasteiger partial charge in [0, 0.05) is 21.2 Å². The average Bonchev–Trinajstić information content (AvgIpc) is 2.92. The van der Waals surface area contributed by atoms with E-state index < -0.39 is 0 Å². The predicted molar refractivity (Wildman–Crippen MR) is 145 cm³/mol. The van der Waals surface area contributed by atoms with Gasteiger partial charge in [-0.05, 0) is 72.8 Å². The standard InChI is InChI=1S/C28H28N2O6S/c1-31-23-13-21(14-24(32-2)27(23)35-19-9-5-17(29)6-10-19)37-22-15-25(33-3)28(26(16-22)34-4)36-20-11-7-18(30)8-12-20/h5-16H,29-30H2,1-4H3. The highest BCUT2D eigenvalue weighted by molar-refractivity contribution is 7.99. The van der Waals surface area contributed by atoms with E-state index in [0.29, 0.717) is 57.4 Å². The van der Waals surface area contributed by atoms with E-state index >= 15 is 0 Å². The average molecular weight is 521 g/mol. The Morgan fingerprint density at radius 1 is 0.486 bits per heavy atom. The molecule has 0 aliphatic heterocycles. The molecule has 9 heteroatoms. The first-order valence-electron chi connectivity index (χ1n) is 11.2. The Kier molecular flexibility index (Phi) is 8.05. The molecule has 8 nitrogen and oxygen atoms in total. The summed E-state index contributed by atoms with van der Waals surface area (Å²) < 4.78 is 34.6. The van der Waals surface area contributed by atoms with Gasteiger partial charge in [-0.25, -0.2) is 0 Å². The van der Waals surface area contributed by atoms with E-state index in [0.717, 1.165) is 9.79 Å². The summed E-state index contributed by atoms with van der Waals surface area (Å²) in [4.78, 5) is 1.71. The van der Waals surface area contributed by atoms with Crippen LogP contribution in [-0.4, -0.2) is 28.4 Å². The molecule has 0 bridgehead atoms. The second-order valence-electron chi connectivity index (χ2n) is 7.76. The number of hydrogen-bond acceptors (Lipinski definition) is 9. The number of anilines is 2. The first-order chi connectivity index (χ1) is 17.9. The van der Waals surface area contributed by atoms with Crippen LogP contribution < -0.4 is 39.9 Å². The minimum Gasteiger partial charge on any atom is -0.493 e. The van der Waals surface area contributed by atoms with Crippen molar-refractivity contribution in [1.82, 2.24) is 0 Å². The summed E-state index contributed by atoms with van der Waals surface area (Å²) in [6.45, 7) is 0. The molecule has 0 saturated carbocycles. The van der Waals surface area contributed by atoms with Crippen LogP contribution in [0.5, 0.6) is 46.0 Å². The van der Waals surface area contributed by atoms with Crippen LogP contribution in [0.4, 0.5) is 11.4 Å². The van der Waals surface area contributed by atoms with Crippen LogP contribution in [-0.2, 0) is 0 Å². The van der Waals surface area contributed by atoms with Crippen molar-refractivity contribution < 1.29 is 28.4 Å². The van der Waals surface area contributed by atoms with Crippen molar-refractivity contribution in [3.63, 3.8) is 0 Å². The molecule has 0 heterocycles. The van der Waals surface area contributed by atoms with Gasteiger partial charge in [-0.3, -0.25) is 0 Å². The maximum Gasteiger partial charge on any atom is 0.211 e. The zero-order valence-corrected chi connectivity index (χ0v) is 21.8. The number of rotatable bonds is 10. The highest BCUT2D eigenvalue weighted by Gasteiger charge is 2.19. The molecule has 0 radical (unpaired) electrons. The van der Waals surface area contributed by atoms with Crippen molar-refractivity contribution in [3.05, 3.63) is 72.8 Å². The summed E-state index contributed by atoms with van der Waals surface area (Å²) in [5, 5.41) is 0. The van der Waals surface area contributed by atoms with Gasteiger partial charge in [-0.15, -0.1) is 0 Å². The Bertz CT molecular complexity index is 1210. The molecule has 4 aromatic rings. The fraction of sp³-hybridized carbons (Fsp3) is 0.143. The first-order valence-corrected chi connectivity index (χ1v) is 12.0. The number of ether oxygens (including phenoxy) is 6. The molecule has 0 fully saturated rings. The summed E-state index contributed by atoms with van der Waals surface area (Å²) in [7, 11) is 6.31. The predicted octanol–water partition coefficient (Wildman–Crippen LogP) is 6.62. The number of hydrogen-bond donors (Lipinski definition) is 2. The summed E-state index contributed by atoms with van der Waals surface area (Å²) in [5.41, 5.74) is 12.9. The monoisotopic (exact) mass is 520 g/mol. The molecule has 0 unspecified atom stereocenters. The van der Waals surface area contributed by atoms with Gasteiger partial charge in [-0.2, -0.15) is 0 Å². The summed E-state index contributed by atoms with van der Waals surface area (Å²) in [6, 6.07) is 21.7. The highest BCUT2D eigenvalue weighted by atomic mass is 32.2. The van der Waals surface area contributed by atoms with Crippen LogP contribution in [0.1, 0.15) is 0 Å². The van der Waals surface area contributed by atoms with E-state index in [9.17, 15) is 0 Å². The van der Waals surface area contributed by atoms with Crippen molar-refractivity contribution >= 4 is 23.1 Å². The van der Waals surface area contributed by atoms with Gasteiger partial charge in [0.15, 0.2) is 23.0 Å². The van der Waals surface area contributed by atoms with Gasteiger partial charge < -0.3 is 39.9 Å². The number of nitrogen functional groups attached to an aromatic ring is 2. The second-order valence-corrected chi connectivity index (χ2v) is 8.91. The molecule has 0 atom stereocenters. The molecule has 4 aromatic carbocycles. The molecular weight excluding hydrogens is 492 g/mol. The summed E-state index contributed by atoms with van der Waals surface area (Å²) in [6.07, 6.45) is 0. The molecule has 4 rings (SSSR count). The fourth-order valence-corrected chi connectivity index (χ4v) is 4.41. The third kappa shape index (κ3) is 6.07. The number of benzene rings is 4. The Hall–Kier alpha value is -4.37. The Labute approximate surface area is 220 Å². The molecule has 192 valence electrons. The van der Waals surface area contributed by atoms with Crippen LogP contribution in [0, 0.1) is 0 Å². The van der Waals surface area contributed by atoms with E-state index in [-0.39, 0.29) is 0 Å². The van der Waals surface area contributed by atoms with Crippen LogP contribution in [0.15, 0.2) is 82.6 Å². The van der Waals surface area contributed by atoms with Gasteiger partial charge in [0.1, 0.15) is 11.5 Å². The van der Waals surface area contributed by atoms with Crippen molar-refractivity contribution in [2.24, 2.45) is 0 Å². The van der Waals surface area contributed by atoms with E-state index in [1.807, 2.05) is 24.3 Å². The molecule has 0 aliphatic carbocycles. The lowest BCUT2D eigenvalue weighted by atomic mass is 10.2. The second kappa shape index (κ2) is 11.6. The lowest BCUT2D eigenvalue weighted by Crippen LogP contribution is -1.97. The lowest BCUT2D eigenvalue weighted by molar-refractivity contribution is 0.344. The molecule has 0 amide bonds. The Balaban J connectivity index is 1.65. The van der Waals surface area contributed by atoms with Gasteiger partial charge >= 0.3 is 0 Å². The third-order valence-electron chi connectivity index (χ3n) is 5.30. The van der Waals surface area contributed by atoms with E-state index in [2.05, 4.69) is 0 Å². The summed E-state index contributed by atoms with van der Waals surface area (Å²) >= 11 is 1.48. The molecule has 37 heavy (non-hydrogen) atoms. The van der Waals surface area contributed by atoms with Gasteiger partial charge in [0.2, 0.25) is 11.5 Å². The smallest absolute Gasteiger partial charge is 0.211 e.